The molecule has 2 fully saturated rings. The molecule has 180 valence electrons. The number of benzene rings is 2. The molecule has 0 bridgehead atoms. The van der Waals surface area contributed by atoms with Crippen LogP contribution in [0.5, 0.6) is 0 Å². The van der Waals surface area contributed by atoms with Crippen LogP contribution >= 0.6 is 0 Å². The van der Waals surface area contributed by atoms with E-state index >= 15 is 0 Å². The number of hydrogen-bond donors (Lipinski definition) is 1. The molecule has 2 aliphatic carbocycles. The molecule has 3 aliphatic rings. The second-order valence-electron chi connectivity index (χ2n) is 11.4. The van der Waals surface area contributed by atoms with E-state index in [1.54, 1.807) is 6.07 Å². The summed E-state index contributed by atoms with van der Waals surface area (Å²) in [5.41, 5.74) is 7.32. The van der Waals surface area contributed by atoms with E-state index in [-0.39, 0.29) is 11.2 Å². The van der Waals surface area contributed by atoms with Crippen LogP contribution in [0.25, 0.3) is 10.9 Å². The van der Waals surface area contributed by atoms with Gasteiger partial charge in [-0.05, 0) is 54.2 Å². The highest BCUT2D eigenvalue weighted by Crippen LogP contribution is 2.46. The first-order valence-corrected chi connectivity index (χ1v) is 13.1. The fraction of sp³-hybridized carbons (Fsp3) is 0.467. The van der Waals surface area contributed by atoms with Gasteiger partial charge in [0.25, 0.3) is 0 Å². The average Bonchev–Trinajstić information content (AvgIpc) is 3.21. The Morgan fingerprint density at radius 1 is 1.09 bits per heavy atom. The number of fused-ring (bicyclic) bond motifs is 4. The molecule has 1 aliphatic heterocycles. The van der Waals surface area contributed by atoms with Crippen LogP contribution in [0.2, 0.25) is 0 Å². The number of nitrogens with zero attached hydrogens (tertiary/aromatic N) is 3. The van der Waals surface area contributed by atoms with Crippen molar-refractivity contribution < 1.29 is 4.79 Å². The third-order valence-corrected chi connectivity index (χ3v) is 8.73. The van der Waals surface area contributed by atoms with E-state index in [1.165, 1.54) is 30.5 Å². The predicted molar refractivity (Wildman–Crippen MR) is 141 cm³/mol. The summed E-state index contributed by atoms with van der Waals surface area (Å²) in [5.74, 6) is 0.423. The Labute approximate surface area is 207 Å². The zero-order valence-electron chi connectivity index (χ0n) is 21.2. The molecule has 35 heavy (non-hydrogen) atoms. The lowest BCUT2D eigenvalue weighted by molar-refractivity contribution is 0.103. The Morgan fingerprint density at radius 3 is 2.46 bits per heavy atom. The zero-order chi connectivity index (χ0) is 24.5. The van der Waals surface area contributed by atoms with Crippen LogP contribution in [0, 0.1) is 11.3 Å². The highest BCUT2D eigenvalue weighted by atomic mass is 16.1. The van der Waals surface area contributed by atoms with Crippen LogP contribution in [0.15, 0.2) is 30.3 Å². The summed E-state index contributed by atoms with van der Waals surface area (Å²) in [6, 6.07) is 13.1. The van der Waals surface area contributed by atoms with Gasteiger partial charge in [0.1, 0.15) is 0 Å². The van der Waals surface area contributed by atoms with Crippen molar-refractivity contribution in [3.8, 4) is 6.07 Å². The van der Waals surface area contributed by atoms with Gasteiger partial charge in [-0.3, -0.25) is 9.69 Å². The maximum Gasteiger partial charge on any atom is 0.195 e. The van der Waals surface area contributed by atoms with Crippen LogP contribution in [-0.2, 0) is 5.41 Å². The zero-order valence-corrected chi connectivity index (χ0v) is 21.2. The molecule has 0 amide bonds. The number of ketones is 1. The number of piperazine rings is 1. The summed E-state index contributed by atoms with van der Waals surface area (Å²) in [4.78, 5) is 22.7. The second-order valence-corrected chi connectivity index (χ2v) is 11.4. The van der Waals surface area contributed by atoms with Crippen molar-refractivity contribution in [1.29, 1.82) is 5.26 Å². The lowest BCUT2D eigenvalue weighted by atomic mass is 9.70. The van der Waals surface area contributed by atoms with Crippen molar-refractivity contribution in [1.82, 2.24) is 9.88 Å². The van der Waals surface area contributed by atoms with E-state index in [1.807, 2.05) is 12.1 Å². The number of anilines is 1. The first-order valence-electron chi connectivity index (χ1n) is 13.1. The molecular weight excluding hydrogens is 432 g/mol. The molecule has 1 saturated heterocycles. The molecular formula is C30H34N4O. The van der Waals surface area contributed by atoms with E-state index in [9.17, 15) is 10.1 Å². The lowest BCUT2D eigenvalue weighted by Crippen LogP contribution is -2.52. The quantitative estimate of drug-likeness (QED) is 0.537. The van der Waals surface area contributed by atoms with Gasteiger partial charge >= 0.3 is 0 Å². The maximum atomic E-state index is 13.9. The van der Waals surface area contributed by atoms with Gasteiger partial charge in [-0.2, -0.15) is 5.26 Å². The molecule has 1 N–H and O–H groups in total. The molecule has 1 saturated carbocycles. The number of carbonyl (C=O) groups excluding carboxylic acids is 1. The number of nitrogens with one attached hydrogen (secondary N) is 1. The Bertz CT molecular complexity index is 1380. The fourth-order valence-corrected chi connectivity index (χ4v) is 6.37. The monoisotopic (exact) mass is 466 g/mol. The summed E-state index contributed by atoms with van der Waals surface area (Å²) < 4.78 is 0. The molecule has 5 nitrogen and oxygen atoms in total. The van der Waals surface area contributed by atoms with E-state index in [2.05, 4.69) is 60.7 Å². The number of aromatic amines is 1. The van der Waals surface area contributed by atoms with Gasteiger partial charge in [0, 0.05) is 65.5 Å². The number of rotatable bonds is 3. The van der Waals surface area contributed by atoms with E-state index in [0.29, 0.717) is 11.5 Å². The molecule has 0 spiro atoms. The smallest absolute Gasteiger partial charge is 0.195 e. The topological polar surface area (TPSA) is 63.1 Å². The third-order valence-electron chi connectivity index (χ3n) is 8.73. The van der Waals surface area contributed by atoms with Crippen LogP contribution in [-0.4, -0.2) is 47.9 Å². The highest BCUT2D eigenvalue weighted by Gasteiger charge is 2.41. The fourth-order valence-electron chi connectivity index (χ4n) is 6.37. The van der Waals surface area contributed by atoms with Crippen molar-refractivity contribution in [2.75, 3.05) is 31.1 Å². The standard InChI is InChI=1S/C30H34N4O/c1-18(2)22-15-23-24(16-26(22)34-12-10-33(11-13-34)20-6-5-7-20)30(3,4)29-27(28(23)35)21-9-8-19(17-31)14-25(21)32-29/h8-9,14-16,18,20,32H,5-7,10-13H2,1-4H3. The Morgan fingerprint density at radius 2 is 1.83 bits per heavy atom. The van der Waals surface area contributed by atoms with Crippen LogP contribution in [0.4, 0.5) is 5.69 Å². The Balaban J connectivity index is 1.44. The first kappa shape index (κ1) is 22.4. The molecule has 0 radical (unpaired) electrons. The van der Waals surface area contributed by atoms with Crippen LogP contribution in [0.1, 0.15) is 91.2 Å². The number of carbonyl (C=O) groups is 1. The molecule has 3 aromatic rings. The van der Waals surface area contributed by atoms with Crippen molar-refractivity contribution in [2.24, 2.45) is 0 Å². The summed E-state index contributed by atoms with van der Waals surface area (Å²) in [5, 5.41) is 10.3. The van der Waals surface area contributed by atoms with Gasteiger partial charge in [0.2, 0.25) is 0 Å². The minimum absolute atomic E-state index is 0.0912. The van der Waals surface area contributed by atoms with E-state index in [4.69, 9.17) is 0 Å². The lowest BCUT2D eigenvalue weighted by Gasteiger charge is -2.44. The molecule has 5 heteroatoms. The number of aromatic nitrogens is 1. The molecule has 0 unspecified atom stereocenters. The van der Waals surface area contributed by atoms with Gasteiger partial charge in [0.05, 0.1) is 17.2 Å². The minimum Gasteiger partial charge on any atom is -0.369 e. The molecule has 1 aromatic heterocycles. The minimum atomic E-state index is -0.345. The van der Waals surface area contributed by atoms with Crippen LogP contribution in [0.3, 0.4) is 0 Å². The number of H-pyrrole nitrogens is 1. The normalized spacial score (nSPS) is 20.0. The second kappa shape index (κ2) is 7.96. The summed E-state index contributed by atoms with van der Waals surface area (Å²) >= 11 is 0. The first-order chi connectivity index (χ1) is 16.8. The Kier molecular flexibility index (Phi) is 5.09. The van der Waals surface area contributed by atoms with Crippen molar-refractivity contribution >= 4 is 22.4 Å². The summed E-state index contributed by atoms with van der Waals surface area (Å²) in [6.07, 6.45) is 4.09. The van der Waals surface area contributed by atoms with Gasteiger partial charge in [0.15, 0.2) is 5.78 Å². The predicted octanol–water partition coefficient (Wildman–Crippen LogP) is 5.71. The largest absolute Gasteiger partial charge is 0.369 e. The van der Waals surface area contributed by atoms with E-state index < -0.39 is 0 Å². The summed E-state index contributed by atoms with van der Waals surface area (Å²) in [7, 11) is 0. The molecule has 2 aromatic carbocycles. The molecule has 6 rings (SSSR count). The molecule has 2 heterocycles. The molecule has 0 atom stereocenters. The number of nitriles is 1. The summed E-state index contributed by atoms with van der Waals surface area (Å²) in [6.45, 7) is 13.2. The van der Waals surface area contributed by atoms with Crippen molar-refractivity contribution in [3.63, 3.8) is 0 Å². The van der Waals surface area contributed by atoms with Crippen LogP contribution < -0.4 is 4.90 Å². The third kappa shape index (κ3) is 3.34. The van der Waals surface area contributed by atoms with E-state index in [0.717, 1.165) is 65.5 Å². The van der Waals surface area contributed by atoms with Crippen molar-refractivity contribution in [3.05, 3.63) is 63.8 Å². The van der Waals surface area contributed by atoms with Gasteiger partial charge < -0.3 is 9.88 Å². The van der Waals surface area contributed by atoms with Gasteiger partial charge in [-0.15, -0.1) is 0 Å². The van der Waals surface area contributed by atoms with Gasteiger partial charge in [-0.25, -0.2) is 0 Å². The Hall–Kier alpha value is -3.10. The van der Waals surface area contributed by atoms with Crippen molar-refractivity contribution in [2.45, 2.75) is 64.3 Å². The average molecular weight is 467 g/mol. The SMILES string of the molecule is CC(C)c1cc2c(cc1N1CCN(C3CCC3)CC1)C(C)(C)c1[nH]c3cc(C#N)ccc3c1C2=O. The highest BCUT2D eigenvalue weighted by molar-refractivity contribution is 6.20. The maximum absolute atomic E-state index is 13.9. The van der Waals surface area contributed by atoms with Gasteiger partial charge in [-0.1, -0.05) is 40.2 Å². The number of hydrogen-bond acceptors (Lipinski definition) is 4.